The van der Waals surface area contributed by atoms with E-state index in [1.54, 1.807) is 0 Å². The molecule has 134 valence electrons. The third-order valence-electron chi connectivity index (χ3n) is 3.28. The lowest BCUT2D eigenvalue weighted by Gasteiger charge is -2.07. The molecule has 0 radical (unpaired) electrons. The van der Waals surface area contributed by atoms with E-state index < -0.39 is 6.03 Å². The van der Waals surface area contributed by atoms with Crippen molar-refractivity contribution < 1.29 is 9.59 Å². The van der Waals surface area contributed by atoms with E-state index in [4.69, 9.17) is 0 Å². The van der Waals surface area contributed by atoms with Gasteiger partial charge in [0.15, 0.2) is 5.16 Å². The molecule has 0 spiro atoms. The maximum Gasteiger partial charge on any atom is 0.343 e. The van der Waals surface area contributed by atoms with Crippen LogP contribution in [0.2, 0.25) is 0 Å². The first-order valence-electron chi connectivity index (χ1n) is 7.99. The van der Waals surface area contributed by atoms with Crippen LogP contribution < -0.4 is 16.3 Å². The lowest BCUT2D eigenvalue weighted by molar-refractivity contribution is -0.119. The van der Waals surface area contributed by atoms with E-state index in [-0.39, 0.29) is 18.0 Å². The summed E-state index contributed by atoms with van der Waals surface area (Å²) < 4.78 is 1.54. The predicted molar refractivity (Wildman–Crippen MR) is 95.3 cm³/mol. The van der Waals surface area contributed by atoms with Crippen LogP contribution in [0, 0.1) is 0 Å². The molecule has 3 amide bonds. The highest BCUT2D eigenvalue weighted by atomic mass is 32.2. The highest BCUT2D eigenvalue weighted by Crippen LogP contribution is 2.14. The number of rotatable bonds is 8. The first-order chi connectivity index (χ1) is 12.1. The molecule has 0 atom stereocenters. The van der Waals surface area contributed by atoms with Crippen LogP contribution in [0.15, 0.2) is 40.3 Å². The van der Waals surface area contributed by atoms with Gasteiger partial charge in [0.2, 0.25) is 5.91 Å². The standard InChI is InChI=1S/C16H21N5O3S/c1-2-9-21-15(24)19-20-16(21)25-10-8-13(22)18-14(23)17-11-12-6-4-3-5-7-12/h3-7H,2,8-11H2,1H3,(H,19,24)(H2,17,18,22,23). The van der Waals surface area contributed by atoms with E-state index in [0.717, 1.165) is 12.0 Å². The Balaban J connectivity index is 1.70. The zero-order chi connectivity index (χ0) is 18.1. The number of hydrogen-bond donors (Lipinski definition) is 3. The first kappa shape index (κ1) is 18.8. The maximum absolute atomic E-state index is 11.8. The molecule has 0 fully saturated rings. The van der Waals surface area contributed by atoms with Gasteiger partial charge < -0.3 is 5.32 Å². The van der Waals surface area contributed by atoms with Crippen molar-refractivity contribution in [2.75, 3.05) is 5.75 Å². The van der Waals surface area contributed by atoms with Gasteiger partial charge in [0, 0.05) is 25.3 Å². The molecule has 0 aliphatic carbocycles. The highest BCUT2D eigenvalue weighted by molar-refractivity contribution is 7.99. The van der Waals surface area contributed by atoms with E-state index >= 15 is 0 Å². The number of aromatic nitrogens is 3. The largest absolute Gasteiger partial charge is 0.343 e. The second kappa shape index (κ2) is 9.67. The molecule has 1 heterocycles. The van der Waals surface area contributed by atoms with Crippen LogP contribution in [-0.2, 0) is 17.9 Å². The van der Waals surface area contributed by atoms with Gasteiger partial charge in [0.05, 0.1) is 0 Å². The Morgan fingerprint density at radius 2 is 2.04 bits per heavy atom. The Labute approximate surface area is 149 Å². The smallest absolute Gasteiger partial charge is 0.334 e. The SMILES string of the molecule is CCCn1c(SCCC(=O)NC(=O)NCc2ccccc2)n[nH]c1=O. The number of hydrogen-bond acceptors (Lipinski definition) is 5. The van der Waals surface area contributed by atoms with Crippen molar-refractivity contribution in [3.63, 3.8) is 0 Å². The molecular weight excluding hydrogens is 342 g/mol. The van der Waals surface area contributed by atoms with Crippen molar-refractivity contribution in [2.24, 2.45) is 0 Å². The molecular formula is C16H21N5O3S. The van der Waals surface area contributed by atoms with Crippen molar-refractivity contribution in [1.29, 1.82) is 0 Å². The number of urea groups is 1. The number of H-pyrrole nitrogens is 1. The minimum atomic E-state index is -0.526. The summed E-state index contributed by atoms with van der Waals surface area (Å²) in [6.45, 7) is 2.90. The van der Waals surface area contributed by atoms with E-state index in [2.05, 4.69) is 20.8 Å². The van der Waals surface area contributed by atoms with E-state index in [1.807, 2.05) is 37.3 Å². The molecule has 1 aromatic heterocycles. The van der Waals surface area contributed by atoms with Crippen LogP contribution in [0.1, 0.15) is 25.3 Å². The summed E-state index contributed by atoms with van der Waals surface area (Å²) in [5.41, 5.74) is 0.696. The minimum absolute atomic E-state index is 0.149. The normalized spacial score (nSPS) is 10.4. The van der Waals surface area contributed by atoms with Crippen molar-refractivity contribution in [1.82, 2.24) is 25.4 Å². The third kappa shape index (κ3) is 6.11. The summed E-state index contributed by atoms with van der Waals surface area (Å²) in [5, 5.41) is 11.8. The van der Waals surface area contributed by atoms with Crippen LogP contribution in [0.4, 0.5) is 4.79 Å². The third-order valence-corrected chi connectivity index (χ3v) is 4.26. The number of nitrogens with one attached hydrogen (secondary N) is 3. The van der Waals surface area contributed by atoms with Gasteiger partial charge >= 0.3 is 11.7 Å². The van der Waals surface area contributed by atoms with Crippen LogP contribution in [0.25, 0.3) is 0 Å². The highest BCUT2D eigenvalue weighted by Gasteiger charge is 2.11. The minimum Gasteiger partial charge on any atom is -0.334 e. The predicted octanol–water partition coefficient (Wildman–Crippen LogP) is 1.49. The Morgan fingerprint density at radius 3 is 2.76 bits per heavy atom. The second-order valence-corrected chi connectivity index (χ2v) is 6.34. The molecule has 0 bridgehead atoms. The van der Waals surface area contributed by atoms with Crippen LogP contribution in [0.5, 0.6) is 0 Å². The number of aromatic amines is 1. The fourth-order valence-corrected chi connectivity index (χ4v) is 2.99. The van der Waals surface area contributed by atoms with Crippen molar-refractivity contribution in [3.05, 3.63) is 46.4 Å². The van der Waals surface area contributed by atoms with Crippen LogP contribution >= 0.6 is 11.8 Å². The van der Waals surface area contributed by atoms with E-state index in [9.17, 15) is 14.4 Å². The summed E-state index contributed by atoms with van der Waals surface area (Å²) in [7, 11) is 0. The molecule has 1 aromatic carbocycles. The van der Waals surface area contributed by atoms with Crippen LogP contribution in [0.3, 0.4) is 0 Å². The molecule has 0 aliphatic heterocycles. The fraction of sp³-hybridized carbons (Fsp3) is 0.375. The Bertz CT molecular complexity index is 757. The molecule has 0 saturated carbocycles. The van der Waals surface area contributed by atoms with Gasteiger partial charge in [-0.2, -0.15) is 0 Å². The van der Waals surface area contributed by atoms with E-state index in [1.165, 1.54) is 16.3 Å². The van der Waals surface area contributed by atoms with Gasteiger partial charge in [-0.1, -0.05) is 49.0 Å². The van der Waals surface area contributed by atoms with Crippen molar-refractivity contribution in [2.45, 2.75) is 38.0 Å². The average Bonchev–Trinajstić information content (AvgIpc) is 2.95. The number of amides is 3. The topological polar surface area (TPSA) is 109 Å². The Kier molecular flexibility index (Phi) is 7.27. The first-order valence-corrected chi connectivity index (χ1v) is 8.98. The molecule has 0 saturated heterocycles. The monoisotopic (exact) mass is 363 g/mol. The lowest BCUT2D eigenvalue weighted by Crippen LogP contribution is -2.39. The van der Waals surface area contributed by atoms with Crippen LogP contribution in [-0.4, -0.2) is 32.5 Å². The molecule has 25 heavy (non-hydrogen) atoms. The summed E-state index contributed by atoms with van der Waals surface area (Å²) in [6, 6.07) is 8.90. The molecule has 0 unspecified atom stereocenters. The van der Waals surface area contributed by atoms with Gasteiger partial charge in [0.25, 0.3) is 0 Å². The summed E-state index contributed by atoms with van der Waals surface area (Å²) in [4.78, 5) is 35.0. The Morgan fingerprint density at radius 1 is 1.28 bits per heavy atom. The lowest BCUT2D eigenvalue weighted by atomic mass is 10.2. The number of nitrogens with zero attached hydrogens (tertiary/aromatic N) is 2. The second-order valence-electron chi connectivity index (χ2n) is 5.28. The van der Waals surface area contributed by atoms with Gasteiger partial charge in [-0.25, -0.2) is 14.7 Å². The number of thioether (sulfide) groups is 1. The van der Waals surface area contributed by atoms with Crippen molar-refractivity contribution >= 4 is 23.7 Å². The number of benzene rings is 1. The average molecular weight is 363 g/mol. The fourth-order valence-electron chi connectivity index (χ4n) is 2.08. The molecule has 2 aromatic rings. The molecule has 9 heteroatoms. The zero-order valence-corrected chi connectivity index (χ0v) is 14.8. The number of carbonyl (C=O) groups excluding carboxylic acids is 2. The quantitative estimate of drug-likeness (QED) is 0.616. The molecule has 2 rings (SSSR count). The van der Waals surface area contributed by atoms with Gasteiger partial charge in [-0.05, 0) is 12.0 Å². The summed E-state index contributed by atoms with van der Waals surface area (Å²) >= 11 is 1.30. The molecule has 8 nitrogen and oxygen atoms in total. The molecule has 0 aliphatic rings. The number of imide groups is 1. The van der Waals surface area contributed by atoms with Gasteiger partial charge in [-0.3, -0.25) is 14.7 Å². The zero-order valence-electron chi connectivity index (χ0n) is 13.9. The maximum atomic E-state index is 11.8. The number of carbonyl (C=O) groups is 2. The van der Waals surface area contributed by atoms with Gasteiger partial charge in [-0.15, -0.1) is 5.10 Å². The van der Waals surface area contributed by atoms with E-state index in [0.29, 0.717) is 24.0 Å². The summed E-state index contributed by atoms with van der Waals surface area (Å²) in [5.74, 6) is 0.0456. The van der Waals surface area contributed by atoms with Gasteiger partial charge in [0.1, 0.15) is 0 Å². The Hall–Kier alpha value is -2.55. The summed E-state index contributed by atoms with van der Waals surface area (Å²) in [6.07, 6.45) is 0.964. The molecule has 3 N–H and O–H groups in total. The van der Waals surface area contributed by atoms with Crippen molar-refractivity contribution in [3.8, 4) is 0 Å².